The average molecular weight is 370 g/mol. The molecule has 2 amide bonds. The van der Waals surface area contributed by atoms with Crippen molar-refractivity contribution < 1.29 is 9.59 Å². The van der Waals surface area contributed by atoms with Crippen molar-refractivity contribution in [1.29, 1.82) is 0 Å². The van der Waals surface area contributed by atoms with Gasteiger partial charge < -0.3 is 16.4 Å². The third-order valence-electron chi connectivity index (χ3n) is 4.50. The van der Waals surface area contributed by atoms with E-state index in [1.54, 1.807) is 0 Å². The zero-order chi connectivity index (χ0) is 18.2. The van der Waals surface area contributed by atoms with Gasteiger partial charge in [-0.05, 0) is 24.3 Å². The smallest absolute Gasteiger partial charge is 0.242 e. The molecule has 0 saturated carbocycles. The summed E-state index contributed by atoms with van der Waals surface area (Å²) in [6, 6.07) is 8.94. The summed E-state index contributed by atoms with van der Waals surface area (Å²) in [5, 5.41) is 5.74. The first-order valence-corrected chi connectivity index (χ1v) is 8.71. The summed E-state index contributed by atoms with van der Waals surface area (Å²) in [4.78, 5) is 24.7. The first-order valence-electron chi connectivity index (χ1n) is 8.71. The fraction of sp³-hybridized carbons (Fsp3) is 0.579. The van der Waals surface area contributed by atoms with Gasteiger partial charge in [-0.2, -0.15) is 0 Å². The first kappa shape index (κ1) is 23.4. The number of benzene rings is 1. The Labute approximate surface area is 157 Å². The number of nitrogens with one attached hydrogen (secondary N) is 2. The van der Waals surface area contributed by atoms with E-state index in [4.69, 9.17) is 5.73 Å². The molecule has 4 N–H and O–H groups in total. The Morgan fingerprint density at radius 2 is 1.68 bits per heavy atom. The van der Waals surface area contributed by atoms with E-state index in [1.807, 2.05) is 58.0 Å². The molecule has 0 aliphatic heterocycles. The number of halogens is 1. The zero-order valence-electron chi connectivity index (χ0n) is 15.7. The van der Waals surface area contributed by atoms with E-state index in [1.165, 1.54) is 0 Å². The molecule has 1 aromatic rings. The van der Waals surface area contributed by atoms with Gasteiger partial charge in [-0.15, -0.1) is 12.4 Å². The van der Waals surface area contributed by atoms with E-state index in [9.17, 15) is 9.59 Å². The highest BCUT2D eigenvalue weighted by atomic mass is 35.5. The van der Waals surface area contributed by atoms with Crippen LogP contribution in [0.25, 0.3) is 0 Å². The van der Waals surface area contributed by atoms with Gasteiger partial charge in [0.25, 0.3) is 0 Å². The minimum atomic E-state index is -0.556. The van der Waals surface area contributed by atoms with E-state index >= 15 is 0 Å². The van der Waals surface area contributed by atoms with Gasteiger partial charge in [0.05, 0.1) is 6.42 Å². The van der Waals surface area contributed by atoms with Gasteiger partial charge in [-0.1, -0.05) is 58.0 Å². The van der Waals surface area contributed by atoms with E-state index in [0.29, 0.717) is 6.54 Å². The number of rotatable bonds is 9. The molecule has 1 atom stereocenters. The Morgan fingerprint density at radius 3 is 2.16 bits per heavy atom. The third kappa shape index (κ3) is 7.88. The van der Waals surface area contributed by atoms with Crippen molar-refractivity contribution in [2.75, 3.05) is 6.54 Å². The molecule has 0 spiro atoms. The Bertz CT molecular complexity index is 531. The topological polar surface area (TPSA) is 84.2 Å². The summed E-state index contributed by atoms with van der Waals surface area (Å²) in [5.74, 6) is -0.330. The number of hydrogen-bond donors (Lipinski definition) is 3. The molecule has 0 radical (unpaired) electrons. The monoisotopic (exact) mass is 369 g/mol. The summed E-state index contributed by atoms with van der Waals surface area (Å²) in [7, 11) is 0. The Hall–Kier alpha value is -1.59. The lowest BCUT2D eigenvalue weighted by Gasteiger charge is -2.29. The van der Waals surface area contributed by atoms with Crippen LogP contribution in [0.1, 0.15) is 46.1 Å². The van der Waals surface area contributed by atoms with Crippen LogP contribution in [0.3, 0.4) is 0 Å². The van der Waals surface area contributed by atoms with Crippen molar-refractivity contribution in [2.45, 2.75) is 58.5 Å². The summed E-state index contributed by atoms with van der Waals surface area (Å²) >= 11 is 0. The maximum Gasteiger partial charge on any atom is 0.242 e. The molecule has 0 bridgehead atoms. The minimum Gasteiger partial charge on any atom is -0.352 e. The molecule has 0 aromatic heterocycles. The van der Waals surface area contributed by atoms with Crippen LogP contribution in [0, 0.1) is 5.92 Å². The third-order valence-corrected chi connectivity index (χ3v) is 4.50. The van der Waals surface area contributed by atoms with Crippen molar-refractivity contribution in [1.82, 2.24) is 10.6 Å². The lowest BCUT2D eigenvalue weighted by Crippen LogP contribution is -2.55. The van der Waals surface area contributed by atoms with Crippen LogP contribution in [0.5, 0.6) is 0 Å². The summed E-state index contributed by atoms with van der Waals surface area (Å²) in [5.41, 5.74) is 6.75. The highest BCUT2D eigenvalue weighted by Crippen LogP contribution is 2.10. The lowest BCUT2D eigenvalue weighted by atomic mass is 9.94. The van der Waals surface area contributed by atoms with E-state index in [0.717, 1.165) is 18.4 Å². The van der Waals surface area contributed by atoms with E-state index < -0.39 is 11.6 Å². The Morgan fingerprint density at radius 1 is 1.12 bits per heavy atom. The van der Waals surface area contributed by atoms with Crippen LogP contribution in [-0.2, 0) is 16.0 Å². The van der Waals surface area contributed by atoms with Crippen molar-refractivity contribution in [3.63, 3.8) is 0 Å². The van der Waals surface area contributed by atoms with Crippen molar-refractivity contribution in [2.24, 2.45) is 11.7 Å². The van der Waals surface area contributed by atoms with Gasteiger partial charge in [-0.25, -0.2) is 0 Å². The van der Waals surface area contributed by atoms with E-state index in [-0.39, 0.29) is 36.6 Å². The van der Waals surface area contributed by atoms with Gasteiger partial charge in [0.15, 0.2) is 0 Å². The number of nitrogens with two attached hydrogens (primary N) is 1. The van der Waals surface area contributed by atoms with Crippen LogP contribution >= 0.6 is 12.4 Å². The van der Waals surface area contributed by atoms with Gasteiger partial charge in [0.1, 0.15) is 6.04 Å². The molecule has 1 unspecified atom stereocenters. The summed E-state index contributed by atoms with van der Waals surface area (Å²) in [6.45, 7) is 8.27. The predicted molar refractivity (Wildman–Crippen MR) is 105 cm³/mol. The van der Waals surface area contributed by atoms with Crippen LogP contribution in [0.15, 0.2) is 30.3 Å². The van der Waals surface area contributed by atoms with Gasteiger partial charge in [0, 0.05) is 12.1 Å². The summed E-state index contributed by atoms with van der Waals surface area (Å²) in [6.07, 6.45) is 1.84. The normalized spacial score (nSPS) is 12.2. The molecular formula is C19H32ClN3O2. The molecule has 142 valence electrons. The molecule has 25 heavy (non-hydrogen) atoms. The number of carbonyl (C=O) groups is 2. The fourth-order valence-corrected chi connectivity index (χ4v) is 2.41. The van der Waals surface area contributed by atoms with E-state index in [2.05, 4.69) is 10.6 Å². The fourth-order valence-electron chi connectivity index (χ4n) is 2.41. The second-order valence-electron chi connectivity index (χ2n) is 6.74. The molecule has 0 heterocycles. The molecule has 1 rings (SSSR count). The molecule has 0 aliphatic rings. The maximum absolute atomic E-state index is 12.5. The molecule has 1 aromatic carbocycles. The number of carbonyl (C=O) groups excluding carboxylic acids is 2. The molecule has 6 heteroatoms. The maximum atomic E-state index is 12.5. The van der Waals surface area contributed by atoms with Crippen LogP contribution in [0.2, 0.25) is 0 Å². The van der Waals surface area contributed by atoms with Crippen molar-refractivity contribution >= 4 is 24.2 Å². The molecular weight excluding hydrogens is 338 g/mol. The van der Waals surface area contributed by atoms with Gasteiger partial charge in [-0.3, -0.25) is 9.59 Å². The second kappa shape index (κ2) is 11.1. The van der Waals surface area contributed by atoms with Crippen LogP contribution < -0.4 is 16.4 Å². The molecule has 5 nitrogen and oxygen atoms in total. The molecule has 0 fully saturated rings. The molecule has 0 saturated heterocycles. The second-order valence-corrected chi connectivity index (χ2v) is 6.74. The highest BCUT2D eigenvalue weighted by Gasteiger charge is 2.27. The van der Waals surface area contributed by atoms with Gasteiger partial charge in [0.2, 0.25) is 11.8 Å². The van der Waals surface area contributed by atoms with Crippen molar-refractivity contribution in [3.8, 4) is 0 Å². The average Bonchev–Trinajstić information content (AvgIpc) is 2.58. The standard InChI is InChI=1S/C19H31N3O2.ClH/c1-5-19(20,6-2)13-21-18(24)17(14(3)4)22-16(23)12-15-10-8-7-9-11-15;/h7-11,14,17H,5-6,12-13,20H2,1-4H3,(H,21,24)(H,22,23);1H. The Kier molecular flexibility index (Phi) is 10.4. The largest absolute Gasteiger partial charge is 0.352 e. The van der Waals surface area contributed by atoms with Crippen molar-refractivity contribution in [3.05, 3.63) is 35.9 Å². The lowest BCUT2D eigenvalue weighted by molar-refractivity contribution is -0.129. The quantitative estimate of drug-likeness (QED) is 0.625. The SMILES string of the molecule is CCC(N)(CC)CNC(=O)C(NC(=O)Cc1ccccc1)C(C)C.Cl. The summed E-state index contributed by atoms with van der Waals surface area (Å²) < 4.78 is 0. The Balaban J connectivity index is 0.00000576. The van der Waals surface area contributed by atoms with Gasteiger partial charge >= 0.3 is 0 Å². The number of amides is 2. The first-order chi connectivity index (χ1) is 11.3. The molecule has 0 aliphatic carbocycles. The predicted octanol–water partition coefficient (Wildman–Crippen LogP) is 2.43. The highest BCUT2D eigenvalue weighted by molar-refractivity contribution is 5.88. The van der Waals surface area contributed by atoms with Crippen LogP contribution in [0.4, 0.5) is 0 Å². The number of hydrogen-bond acceptors (Lipinski definition) is 3. The van der Waals surface area contributed by atoms with Crippen LogP contribution in [-0.4, -0.2) is 29.9 Å². The minimum absolute atomic E-state index is 0. The zero-order valence-corrected chi connectivity index (χ0v) is 16.5.